The van der Waals surface area contributed by atoms with Crippen LogP contribution >= 0.6 is 0 Å². The Bertz CT molecular complexity index is 681. The second-order valence-electron chi connectivity index (χ2n) is 3.70. The van der Waals surface area contributed by atoms with Gasteiger partial charge in [-0.1, -0.05) is 0 Å². The number of hydrogen-bond acceptors (Lipinski definition) is 4. The molecule has 1 aromatic carbocycles. The van der Waals surface area contributed by atoms with Crippen LogP contribution in [0.2, 0.25) is 0 Å². The number of aromatic nitrogens is 2. The van der Waals surface area contributed by atoms with Crippen molar-refractivity contribution in [2.45, 2.75) is 4.90 Å². The zero-order valence-electron chi connectivity index (χ0n) is 9.46. The summed E-state index contributed by atoms with van der Waals surface area (Å²) in [7, 11) is -2.34. The van der Waals surface area contributed by atoms with Gasteiger partial charge in [0, 0.05) is 18.9 Å². The summed E-state index contributed by atoms with van der Waals surface area (Å²) in [4.78, 5) is -0.458. The van der Waals surface area contributed by atoms with Crippen molar-refractivity contribution in [3.05, 3.63) is 36.4 Å². The number of anilines is 2. The second-order valence-corrected chi connectivity index (χ2v) is 5.35. The van der Waals surface area contributed by atoms with Crippen LogP contribution in [0.3, 0.4) is 0 Å². The summed E-state index contributed by atoms with van der Waals surface area (Å²) < 4.78 is 41.0. The molecule has 0 unspecified atom stereocenters. The Morgan fingerprint density at radius 2 is 2.17 bits per heavy atom. The quantitative estimate of drug-likeness (QED) is 0.812. The third kappa shape index (κ3) is 2.43. The molecule has 0 aliphatic carbocycles. The minimum absolute atomic E-state index is 0.160. The van der Waals surface area contributed by atoms with E-state index in [0.717, 1.165) is 12.1 Å². The van der Waals surface area contributed by atoms with Crippen LogP contribution in [0.15, 0.2) is 35.5 Å². The fraction of sp³-hybridized carbons (Fsp3) is 0.100. The van der Waals surface area contributed by atoms with E-state index in [0.29, 0.717) is 0 Å². The number of benzene rings is 1. The molecule has 0 saturated heterocycles. The Labute approximate surface area is 103 Å². The lowest BCUT2D eigenvalue weighted by molar-refractivity contribution is 0.571. The fourth-order valence-corrected chi connectivity index (χ4v) is 2.51. The highest BCUT2D eigenvalue weighted by molar-refractivity contribution is 7.92. The molecule has 18 heavy (non-hydrogen) atoms. The first-order valence-electron chi connectivity index (χ1n) is 4.95. The van der Waals surface area contributed by atoms with Crippen molar-refractivity contribution in [2.75, 3.05) is 10.5 Å². The third-order valence-electron chi connectivity index (χ3n) is 2.20. The van der Waals surface area contributed by atoms with E-state index in [4.69, 9.17) is 5.73 Å². The molecule has 0 amide bonds. The van der Waals surface area contributed by atoms with Gasteiger partial charge in [0.05, 0.1) is 11.9 Å². The van der Waals surface area contributed by atoms with Gasteiger partial charge < -0.3 is 5.73 Å². The van der Waals surface area contributed by atoms with E-state index in [1.807, 2.05) is 0 Å². The van der Waals surface area contributed by atoms with Gasteiger partial charge in [0.25, 0.3) is 10.0 Å². The Hall–Kier alpha value is -2.09. The summed E-state index contributed by atoms with van der Waals surface area (Å²) in [5.41, 5.74) is 5.78. The number of rotatable bonds is 3. The molecule has 1 heterocycles. The predicted octanol–water partition coefficient (Wildman–Crippen LogP) is 0.942. The summed E-state index contributed by atoms with van der Waals surface area (Å²) in [6.45, 7) is 0. The van der Waals surface area contributed by atoms with Crippen LogP contribution in [0.5, 0.6) is 0 Å². The molecule has 0 aliphatic rings. The van der Waals surface area contributed by atoms with Crippen LogP contribution in [-0.4, -0.2) is 18.2 Å². The highest BCUT2D eigenvalue weighted by Crippen LogP contribution is 2.20. The number of aryl methyl sites for hydroxylation is 1. The van der Waals surface area contributed by atoms with Gasteiger partial charge in [-0.15, -0.1) is 0 Å². The van der Waals surface area contributed by atoms with Crippen molar-refractivity contribution < 1.29 is 12.8 Å². The van der Waals surface area contributed by atoms with E-state index in [2.05, 4.69) is 9.82 Å². The van der Waals surface area contributed by atoms with Crippen molar-refractivity contribution >= 4 is 21.4 Å². The van der Waals surface area contributed by atoms with E-state index in [1.165, 1.54) is 23.1 Å². The first kappa shape index (κ1) is 12.4. The normalized spacial score (nSPS) is 11.4. The fourth-order valence-electron chi connectivity index (χ4n) is 1.42. The lowest BCUT2D eigenvalue weighted by atomic mass is 10.3. The van der Waals surface area contributed by atoms with Crippen molar-refractivity contribution in [1.29, 1.82) is 0 Å². The molecule has 0 atom stereocenters. The molecule has 0 aliphatic heterocycles. The highest BCUT2D eigenvalue weighted by atomic mass is 32.2. The van der Waals surface area contributed by atoms with Crippen LogP contribution in [-0.2, 0) is 17.1 Å². The van der Waals surface area contributed by atoms with E-state index in [1.54, 1.807) is 7.05 Å². The summed E-state index contributed by atoms with van der Waals surface area (Å²) in [6.07, 6.45) is 2.79. The smallest absolute Gasteiger partial charge is 0.264 e. The minimum Gasteiger partial charge on any atom is -0.399 e. The molecule has 8 heteroatoms. The first-order valence-corrected chi connectivity index (χ1v) is 6.43. The van der Waals surface area contributed by atoms with Gasteiger partial charge in [0.1, 0.15) is 10.7 Å². The van der Waals surface area contributed by atoms with Gasteiger partial charge in [-0.25, -0.2) is 12.8 Å². The lowest BCUT2D eigenvalue weighted by Crippen LogP contribution is -2.14. The standard InChI is InChI=1S/C10H11FN4O2S/c1-15-6-8(5-13-15)14-18(16,17)10-3-2-7(12)4-9(10)11/h2-6,14H,12H2,1H3. The summed E-state index contributed by atoms with van der Waals surface area (Å²) >= 11 is 0. The van der Waals surface area contributed by atoms with E-state index in [9.17, 15) is 12.8 Å². The number of sulfonamides is 1. The van der Waals surface area contributed by atoms with Gasteiger partial charge in [0.15, 0.2) is 0 Å². The minimum atomic E-state index is -3.98. The van der Waals surface area contributed by atoms with Crippen LogP contribution in [0, 0.1) is 5.82 Å². The summed E-state index contributed by atoms with van der Waals surface area (Å²) in [5, 5.41) is 3.81. The highest BCUT2D eigenvalue weighted by Gasteiger charge is 2.19. The van der Waals surface area contributed by atoms with Crippen molar-refractivity contribution in [3.63, 3.8) is 0 Å². The maximum atomic E-state index is 13.5. The molecule has 1 aromatic heterocycles. The summed E-state index contributed by atoms with van der Waals surface area (Å²) in [6, 6.07) is 3.39. The lowest BCUT2D eigenvalue weighted by Gasteiger charge is -2.07. The molecular weight excluding hydrogens is 259 g/mol. The van der Waals surface area contributed by atoms with Crippen LogP contribution in [0.1, 0.15) is 0 Å². The molecule has 3 N–H and O–H groups in total. The summed E-state index contributed by atoms with van der Waals surface area (Å²) in [5.74, 6) is -0.897. The second kappa shape index (κ2) is 4.30. The van der Waals surface area contributed by atoms with Gasteiger partial charge in [-0.05, 0) is 18.2 Å². The molecule has 2 rings (SSSR count). The monoisotopic (exact) mass is 270 g/mol. The number of hydrogen-bond donors (Lipinski definition) is 2. The van der Waals surface area contributed by atoms with Gasteiger partial charge in [-0.2, -0.15) is 5.10 Å². The molecule has 0 radical (unpaired) electrons. The van der Waals surface area contributed by atoms with Crippen molar-refractivity contribution in [1.82, 2.24) is 9.78 Å². The average molecular weight is 270 g/mol. The molecule has 0 spiro atoms. The van der Waals surface area contributed by atoms with E-state index >= 15 is 0 Å². The number of nitrogens with one attached hydrogen (secondary N) is 1. The third-order valence-corrected chi connectivity index (χ3v) is 3.62. The predicted molar refractivity (Wildman–Crippen MR) is 64.8 cm³/mol. The van der Waals surface area contributed by atoms with Crippen molar-refractivity contribution in [2.24, 2.45) is 7.05 Å². The van der Waals surface area contributed by atoms with Gasteiger partial charge in [-0.3, -0.25) is 9.40 Å². The maximum Gasteiger partial charge on any atom is 0.264 e. The molecule has 6 nitrogen and oxygen atoms in total. The van der Waals surface area contributed by atoms with Crippen LogP contribution in [0.4, 0.5) is 15.8 Å². The van der Waals surface area contributed by atoms with E-state index < -0.39 is 20.7 Å². The number of halogens is 1. The van der Waals surface area contributed by atoms with E-state index in [-0.39, 0.29) is 11.4 Å². The Morgan fingerprint density at radius 3 is 2.72 bits per heavy atom. The number of nitrogen functional groups attached to an aromatic ring is 1. The molecule has 2 aromatic rings. The number of nitrogens with zero attached hydrogens (tertiary/aromatic N) is 2. The van der Waals surface area contributed by atoms with Crippen LogP contribution < -0.4 is 10.5 Å². The number of nitrogens with two attached hydrogens (primary N) is 1. The SMILES string of the molecule is Cn1cc(NS(=O)(=O)c2ccc(N)cc2F)cn1. The largest absolute Gasteiger partial charge is 0.399 e. The molecule has 0 bridgehead atoms. The maximum absolute atomic E-state index is 13.5. The Balaban J connectivity index is 2.36. The first-order chi connectivity index (χ1) is 8.38. The molecule has 96 valence electrons. The Morgan fingerprint density at radius 1 is 1.44 bits per heavy atom. The zero-order valence-corrected chi connectivity index (χ0v) is 10.3. The zero-order chi connectivity index (χ0) is 13.3. The Kier molecular flexibility index (Phi) is 2.95. The van der Waals surface area contributed by atoms with Crippen molar-refractivity contribution in [3.8, 4) is 0 Å². The average Bonchev–Trinajstić information content (AvgIpc) is 2.62. The molecule has 0 fully saturated rings. The van der Waals surface area contributed by atoms with Gasteiger partial charge >= 0.3 is 0 Å². The van der Waals surface area contributed by atoms with Crippen LogP contribution in [0.25, 0.3) is 0 Å². The molecular formula is C10H11FN4O2S. The topological polar surface area (TPSA) is 90.0 Å². The van der Waals surface area contributed by atoms with Gasteiger partial charge in [0.2, 0.25) is 0 Å². The molecule has 0 saturated carbocycles.